The first-order chi connectivity index (χ1) is 19.4. The molecule has 4 heterocycles. The number of aromatic nitrogens is 6. The van der Waals surface area contributed by atoms with Crippen LogP contribution in [0, 0.1) is 23.3 Å². The largest absolute Gasteiger partial charge is 0.408 e. The van der Waals surface area contributed by atoms with Gasteiger partial charge in [0.25, 0.3) is 11.8 Å². The molecule has 0 bridgehead atoms. The Labute approximate surface area is 222 Å². The first-order valence-electron chi connectivity index (χ1n) is 11.5. The maximum absolute atomic E-state index is 15.1. The zero-order valence-electron chi connectivity index (χ0n) is 20.4. The molecule has 1 atom stereocenters. The molecule has 17 heteroatoms. The highest BCUT2D eigenvalue weighted by Gasteiger charge is 2.40. The lowest BCUT2D eigenvalue weighted by Crippen LogP contribution is -2.46. The number of benzene rings is 1. The Bertz CT molecular complexity index is 1870. The Balaban J connectivity index is 1.73. The quantitative estimate of drug-likeness (QED) is 0.302. The number of fused-ring (bicyclic) bond motifs is 2. The smallest absolute Gasteiger partial charge is 0.340 e. The lowest BCUT2D eigenvalue weighted by Gasteiger charge is -2.20. The van der Waals surface area contributed by atoms with Gasteiger partial charge in [0.15, 0.2) is 23.1 Å². The number of carbonyl (C=O) groups excluding carboxylic acids is 1. The molecule has 0 fully saturated rings. The number of halogens is 7. The van der Waals surface area contributed by atoms with Crippen LogP contribution >= 0.6 is 0 Å². The van der Waals surface area contributed by atoms with Crippen molar-refractivity contribution in [2.75, 3.05) is 0 Å². The van der Waals surface area contributed by atoms with Gasteiger partial charge in [-0.15, -0.1) is 5.10 Å². The van der Waals surface area contributed by atoms with Crippen LogP contribution in [0.25, 0.3) is 27.9 Å². The molecule has 5 aromatic rings. The van der Waals surface area contributed by atoms with Crippen molar-refractivity contribution in [1.29, 1.82) is 0 Å². The number of amides is 1. The van der Waals surface area contributed by atoms with Gasteiger partial charge in [-0.3, -0.25) is 14.2 Å². The lowest BCUT2D eigenvalue weighted by atomic mass is 10.1. The molecule has 1 aromatic carbocycles. The monoisotopic (exact) mass is 581 g/mol. The number of hydrogen-bond donors (Lipinski definition) is 1. The van der Waals surface area contributed by atoms with Gasteiger partial charge in [0.1, 0.15) is 28.6 Å². The van der Waals surface area contributed by atoms with Crippen LogP contribution in [-0.2, 0) is 0 Å². The summed E-state index contributed by atoms with van der Waals surface area (Å²) in [5, 5.41) is 8.26. The number of pyridine rings is 3. The molecular formula is C24H14F7N7O3. The van der Waals surface area contributed by atoms with E-state index in [1.165, 1.54) is 18.3 Å². The molecule has 41 heavy (non-hydrogen) atoms. The number of hydrogen-bond acceptors (Lipinski definition) is 7. The molecule has 4 aromatic heterocycles. The average Bonchev–Trinajstić information content (AvgIpc) is 3.30. The van der Waals surface area contributed by atoms with Gasteiger partial charge in [0.2, 0.25) is 11.1 Å². The van der Waals surface area contributed by atoms with Crippen molar-refractivity contribution in [3.8, 4) is 11.6 Å². The van der Waals surface area contributed by atoms with Crippen LogP contribution in [0.2, 0.25) is 0 Å². The Morgan fingerprint density at radius 1 is 1.07 bits per heavy atom. The van der Waals surface area contributed by atoms with E-state index in [1.54, 1.807) is 5.32 Å². The van der Waals surface area contributed by atoms with E-state index in [4.69, 9.17) is 4.84 Å². The molecule has 0 radical (unpaired) electrons. The number of nitrogens with one attached hydrogen (secondary N) is 1. The molecule has 10 nitrogen and oxygen atoms in total. The zero-order chi connectivity index (χ0) is 29.6. The van der Waals surface area contributed by atoms with Crippen molar-refractivity contribution in [1.82, 2.24) is 35.0 Å². The van der Waals surface area contributed by atoms with Gasteiger partial charge in [-0.25, -0.2) is 22.5 Å². The topological polar surface area (TPSA) is 117 Å². The Hall–Kier alpha value is -5.09. The van der Waals surface area contributed by atoms with Crippen molar-refractivity contribution in [2.45, 2.75) is 25.6 Å². The summed E-state index contributed by atoms with van der Waals surface area (Å²) in [7, 11) is 0. The fourth-order valence-electron chi connectivity index (χ4n) is 3.91. The first kappa shape index (κ1) is 27.5. The first-order valence-corrected chi connectivity index (χ1v) is 11.5. The van der Waals surface area contributed by atoms with Gasteiger partial charge < -0.3 is 10.2 Å². The zero-order valence-corrected chi connectivity index (χ0v) is 20.4. The fourth-order valence-corrected chi connectivity index (χ4v) is 3.91. The standard InChI is InChI=1S/C24H14F7N7O3/c1-2-17(24(29,30)31)33-22(40)12-9-37(18-13(26)6-10(25)7-14(18)27)20-11(19(12)39)8-15(28)23(34-20)41-38-21-16(35-36-38)4-3-5-32-21/h3-9,17H,2H2,1H3,(H,33,40). The van der Waals surface area contributed by atoms with Gasteiger partial charge >= 0.3 is 6.18 Å². The Morgan fingerprint density at radius 3 is 2.44 bits per heavy atom. The molecule has 1 amide bonds. The van der Waals surface area contributed by atoms with Crippen LogP contribution in [-0.4, -0.2) is 47.8 Å². The molecule has 0 saturated heterocycles. The molecule has 0 saturated carbocycles. The van der Waals surface area contributed by atoms with E-state index in [9.17, 15) is 35.9 Å². The number of alkyl halides is 3. The summed E-state index contributed by atoms with van der Waals surface area (Å²) in [6.45, 7) is 1.12. The summed E-state index contributed by atoms with van der Waals surface area (Å²) >= 11 is 0. The lowest BCUT2D eigenvalue weighted by molar-refractivity contribution is -0.153. The van der Waals surface area contributed by atoms with Gasteiger partial charge in [0.05, 0.1) is 5.39 Å². The van der Waals surface area contributed by atoms with E-state index in [-0.39, 0.29) is 23.3 Å². The minimum atomic E-state index is -4.89. The van der Waals surface area contributed by atoms with Crippen molar-refractivity contribution >= 4 is 28.1 Å². The van der Waals surface area contributed by atoms with Crippen LogP contribution in [0.5, 0.6) is 5.88 Å². The summed E-state index contributed by atoms with van der Waals surface area (Å²) < 4.78 is 98.7. The van der Waals surface area contributed by atoms with E-state index in [2.05, 4.69) is 20.3 Å². The highest BCUT2D eigenvalue weighted by Crippen LogP contribution is 2.27. The number of rotatable bonds is 6. The predicted molar refractivity (Wildman–Crippen MR) is 126 cm³/mol. The fraction of sp³-hybridized carbons (Fsp3) is 0.167. The minimum Gasteiger partial charge on any atom is -0.340 e. The van der Waals surface area contributed by atoms with E-state index in [0.29, 0.717) is 21.7 Å². The van der Waals surface area contributed by atoms with Gasteiger partial charge in [-0.1, -0.05) is 11.8 Å². The van der Waals surface area contributed by atoms with Crippen molar-refractivity contribution in [3.05, 3.63) is 81.8 Å². The molecule has 1 N–H and O–H groups in total. The van der Waals surface area contributed by atoms with Crippen LogP contribution in [0.15, 0.2) is 47.5 Å². The van der Waals surface area contributed by atoms with Crippen LogP contribution in [0.3, 0.4) is 0 Å². The van der Waals surface area contributed by atoms with Crippen LogP contribution in [0.4, 0.5) is 30.7 Å². The van der Waals surface area contributed by atoms with Gasteiger partial charge in [0, 0.05) is 24.5 Å². The molecule has 0 aliphatic carbocycles. The molecule has 212 valence electrons. The molecule has 0 aliphatic heterocycles. The number of carbonyl (C=O) groups is 1. The van der Waals surface area contributed by atoms with Crippen molar-refractivity contribution < 1.29 is 40.4 Å². The minimum absolute atomic E-state index is 0.0176. The van der Waals surface area contributed by atoms with Crippen molar-refractivity contribution in [2.24, 2.45) is 0 Å². The third-order valence-corrected chi connectivity index (χ3v) is 5.83. The van der Waals surface area contributed by atoms with E-state index < -0.39 is 81.4 Å². The highest BCUT2D eigenvalue weighted by molar-refractivity contribution is 5.97. The van der Waals surface area contributed by atoms with E-state index in [0.717, 1.165) is 6.92 Å². The SMILES string of the molecule is CCC(NC(=O)c1cn(-c2c(F)cc(F)cc2F)c2nc(On3nnc4cccnc43)c(F)cc2c1=O)C(F)(F)F. The third kappa shape index (κ3) is 5.01. The highest BCUT2D eigenvalue weighted by atomic mass is 19.4. The Morgan fingerprint density at radius 2 is 1.78 bits per heavy atom. The maximum atomic E-state index is 15.1. The van der Waals surface area contributed by atoms with Crippen molar-refractivity contribution in [3.63, 3.8) is 0 Å². The normalized spacial score (nSPS) is 12.6. The summed E-state index contributed by atoms with van der Waals surface area (Å²) in [4.78, 5) is 39.7. The molecule has 1 unspecified atom stereocenters. The summed E-state index contributed by atoms with van der Waals surface area (Å²) in [5.41, 5.74) is -3.88. The molecular weight excluding hydrogens is 567 g/mol. The van der Waals surface area contributed by atoms with Gasteiger partial charge in [-0.2, -0.15) is 18.2 Å². The second-order valence-corrected chi connectivity index (χ2v) is 8.48. The number of nitrogens with zero attached hydrogens (tertiary/aromatic N) is 6. The van der Waals surface area contributed by atoms with Crippen LogP contribution < -0.4 is 15.6 Å². The molecule has 0 spiro atoms. The third-order valence-electron chi connectivity index (χ3n) is 5.83. The Kier molecular flexibility index (Phi) is 6.80. The van der Waals surface area contributed by atoms with E-state index in [1.807, 2.05) is 0 Å². The summed E-state index contributed by atoms with van der Waals surface area (Å²) in [6, 6.07) is 1.70. The van der Waals surface area contributed by atoms with Gasteiger partial charge in [-0.05, 0) is 29.8 Å². The molecule has 5 rings (SSSR count). The maximum Gasteiger partial charge on any atom is 0.408 e. The predicted octanol–water partition coefficient (Wildman–Crippen LogP) is 3.99. The molecule has 0 aliphatic rings. The summed E-state index contributed by atoms with van der Waals surface area (Å²) in [5.74, 6) is -8.21. The second-order valence-electron chi connectivity index (χ2n) is 8.48. The van der Waals surface area contributed by atoms with Crippen LogP contribution in [0.1, 0.15) is 23.7 Å². The average molecular weight is 581 g/mol. The summed E-state index contributed by atoms with van der Waals surface area (Å²) in [6.07, 6.45) is -3.65. The second kappa shape index (κ2) is 10.1. The van der Waals surface area contributed by atoms with E-state index >= 15 is 4.39 Å².